The zero-order chi connectivity index (χ0) is 17.4. The zero-order valence-electron chi connectivity index (χ0n) is 13.4. The maximum Gasteiger partial charge on any atom is 0.283 e. The third kappa shape index (κ3) is 3.56. The number of halogens is 1. The van der Waals surface area contributed by atoms with Gasteiger partial charge in [0.25, 0.3) is 10.0 Å². The Morgan fingerprint density at radius 2 is 1.84 bits per heavy atom. The van der Waals surface area contributed by atoms with E-state index >= 15 is 0 Å². The van der Waals surface area contributed by atoms with E-state index in [0.29, 0.717) is 28.5 Å². The second-order valence-corrected chi connectivity index (χ2v) is 8.87. The summed E-state index contributed by atoms with van der Waals surface area (Å²) in [6.45, 7) is 0. The predicted octanol–water partition coefficient (Wildman–Crippen LogP) is 4.53. The first-order valence-electron chi connectivity index (χ1n) is 8.23. The van der Waals surface area contributed by atoms with Crippen LogP contribution in [0.3, 0.4) is 0 Å². The number of sulfonamides is 1. The van der Waals surface area contributed by atoms with Crippen molar-refractivity contribution in [1.29, 1.82) is 0 Å². The number of hydrogen-bond donors (Lipinski definition) is 0. The van der Waals surface area contributed by atoms with Crippen LogP contribution in [0.15, 0.2) is 62.3 Å². The summed E-state index contributed by atoms with van der Waals surface area (Å²) in [6.07, 6.45) is 2.83. The lowest BCUT2D eigenvalue weighted by atomic mass is 9.91. The monoisotopic (exact) mass is 413 g/mol. The molecule has 0 unspecified atom stereocenters. The van der Waals surface area contributed by atoms with Gasteiger partial charge in [0.1, 0.15) is 0 Å². The van der Waals surface area contributed by atoms with Crippen molar-refractivity contribution < 1.29 is 8.42 Å². The van der Waals surface area contributed by atoms with Gasteiger partial charge in [-0.25, -0.2) is 0 Å². The fourth-order valence-corrected chi connectivity index (χ4v) is 4.45. The van der Waals surface area contributed by atoms with Gasteiger partial charge < -0.3 is 0 Å². The Morgan fingerprint density at radius 1 is 1.12 bits per heavy atom. The topological polar surface area (TPSA) is 46.5 Å². The second kappa shape index (κ2) is 6.44. The third-order valence-electron chi connectivity index (χ3n) is 4.42. The van der Waals surface area contributed by atoms with Gasteiger partial charge in [-0.05, 0) is 36.6 Å². The molecule has 126 valence electrons. The van der Waals surface area contributed by atoms with Crippen molar-refractivity contribution >= 4 is 31.7 Å². The van der Waals surface area contributed by atoms with Gasteiger partial charge in [0.05, 0.1) is 16.5 Å². The molecule has 0 amide bonds. The molecule has 1 saturated carbocycles. The van der Waals surface area contributed by atoms with E-state index in [1.165, 1.54) is 0 Å². The van der Waals surface area contributed by atoms with Gasteiger partial charge in [-0.1, -0.05) is 58.1 Å². The minimum Gasteiger partial charge on any atom is -0.199 e. The van der Waals surface area contributed by atoms with E-state index in [0.717, 1.165) is 22.9 Å². The summed E-state index contributed by atoms with van der Waals surface area (Å²) >= 11 is 3.45. The van der Waals surface area contributed by atoms with Crippen molar-refractivity contribution in [1.82, 2.24) is 0 Å². The average molecular weight is 414 g/mol. The maximum atomic E-state index is 12.3. The largest absolute Gasteiger partial charge is 0.283 e. The van der Waals surface area contributed by atoms with Crippen molar-refractivity contribution in [3.05, 3.63) is 64.1 Å². The Labute approximate surface area is 156 Å². The molecule has 3 nitrogen and oxygen atoms in total. The summed E-state index contributed by atoms with van der Waals surface area (Å²) in [4.78, 5) is 0.301. The predicted molar refractivity (Wildman–Crippen MR) is 102 cm³/mol. The maximum absolute atomic E-state index is 12.3. The molecule has 1 heterocycles. The van der Waals surface area contributed by atoms with Crippen molar-refractivity contribution in [2.45, 2.75) is 30.1 Å². The molecule has 0 radical (unpaired) electrons. The van der Waals surface area contributed by atoms with Crippen molar-refractivity contribution in [3.63, 3.8) is 0 Å². The smallest absolute Gasteiger partial charge is 0.199 e. The van der Waals surface area contributed by atoms with Gasteiger partial charge >= 0.3 is 0 Å². The van der Waals surface area contributed by atoms with E-state index < -0.39 is 10.0 Å². The fraction of sp³-hybridized carbons (Fsp3) is 0.250. The average Bonchev–Trinajstić information content (AvgIpc) is 3.39. The highest BCUT2D eigenvalue weighted by Gasteiger charge is 2.29. The molecule has 5 heteroatoms. The summed E-state index contributed by atoms with van der Waals surface area (Å²) in [7, 11) is -3.58. The van der Waals surface area contributed by atoms with E-state index in [1.807, 2.05) is 36.4 Å². The summed E-state index contributed by atoms with van der Waals surface area (Å²) in [5.41, 5.74) is 2.40. The van der Waals surface area contributed by atoms with Crippen LogP contribution in [0.1, 0.15) is 36.3 Å². The molecular weight excluding hydrogens is 398 g/mol. The summed E-state index contributed by atoms with van der Waals surface area (Å²) in [5.74, 6) is 7.12. The van der Waals surface area contributed by atoms with Crippen LogP contribution < -0.4 is 0 Å². The first kappa shape index (κ1) is 16.6. The molecule has 25 heavy (non-hydrogen) atoms. The van der Waals surface area contributed by atoms with Gasteiger partial charge in [-0.2, -0.15) is 12.8 Å². The Morgan fingerprint density at radius 3 is 2.56 bits per heavy atom. The molecule has 1 aliphatic heterocycles. The minimum absolute atomic E-state index is 0.0613. The highest BCUT2D eigenvalue weighted by molar-refractivity contribution is 9.10. The van der Waals surface area contributed by atoms with Crippen LogP contribution in [-0.4, -0.2) is 14.1 Å². The molecule has 0 spiro atoms. The molecule has 2 aliphatic rings. The van der Waals surface area contributed by atoms with Gasteiger partial charge in [0, 0.05) is 22.4 Å². The highest BCUT2D eigenvalue weighted by Crippen LogP contribution is 2.32. The first-order valence-corrected chi connectivity index (χ1v) is 10.5. The van der Waals surface area contributed by atoms with Gasteiger partial charge in [-0.15, -0.1) is 0 Å². The second-order valence-electron chi connectivity index (χ2n) is 6.38. The highest BCUT2D eigenvalue weighted by atomic mass is 79.9. The minimum atomic E-state index is -3.58. The molecule has 1 fully saturated rings. The molecule has 4 rings (SSSR count). The van der Waals surface area contributed by atoms with E-state index in [4.69, 9.17) is 0 Å². The Kier molecular flexibility index (Phi) is 4.26. The Balaban J connectivity index is 1.70. The number of fused-ring (bicyclic) bond motifs is 1. The van der Waals surface area contributed by atoms with Crippen molar-refractivity contribution in [2.75, 3.05) is 0 Å². The molecule has 1 aliphatic carbocycles. The van der Waals surface area contributed by atoms with Crippen LogP contribution in [0.25, 0.3) is 0 Å². The summed E-state index contributed by atoms with van der Waals surface area (Å²) in [6, 6.07) is 15.1. The van der Waals surface area contributed by atoms with Crippen LogP contribution in [0.2, 0.25) is 0 Å². The summed E-state index contributed by atoms with van der Waals surface area (Å²) < 4.78 is 29.6. The van der Waals surface area contributed by atoms with Gasteiger partial charge in [-0.3, -0.25) is 0 Å². The van der Waals surface area contributed by atoms with Crippen LogP contribution in [0.4, 0.5) is 0 Å². The summed E-state index contributed by atoms with van der Waals surface area (Å²) in [5, 5.41) is 0. The van der Waals surface area contributed by atoms with Gasteiger partial charge in [0.2, 0.25) is 0 Å². The van der Waals surface area contributed by atoms with Crippen LogP contribution in [-0.2, 0) is 10.0 Å². The van der Waals surface area contributed by atoms with E-state index in [1.54, 1.807) is 12.1 Å². The van der Waals surface area contributed by atoms with E-state index in [9.17, 15) is 8.42 Å². The molecule has 1 atom stereocenters. The van der Waals surface area contributed by atoms with Crippen molar-refractivity contribution in [3.8, 4) is 11.8 Å². The van der Waals surface area contributed by atoms with Crippen molar-refractivity contribution in [2.24, 2.45) is 10.3 Å². The normalized spacial score (nSPS) is 18.7. The lowest BCUT2D eigenvalue weighted by molar-refractivity contribution is 0.599. The van der Waals surface area contributed by atoms with Crippen LogP contribution in [0, 0.1) is 17.8 Å². The molecular formula is C20H16BrNO2S. The Bertz CT molecular complexity index is 1010. The van der Waals surface area contributed by atoms with Gasteiger partial charge in [0.15, 0.2) is 0 Å². The Hall–Kier alpha value is -1.90. The standard InChI is InChI=1S/C20H16BrNO2S/c21-17-11-9-15(10-12-17)16(8-7-14-5-6-14)13-19-18-3-1-2-4-20(18)25(23,24)22-19/h1-4,9-12,14,16H,5-6,13H2/t16-/m0/s1. The SMILES string of the molecule is O=S1(=O)N=C(C[C@H](C#CC2CC2)c2ccc(Br)cc2)c2ccccc21. The quantitative estimate of drug-likeness (QED) is 0.693. The number of hydrogen-bond acceptors (Lipinski definition) is 2. The lowest BCUT2D eigenvalue weighted by Gasteiger charge is -2.12. The fourth-order valence-electron chi connectivity index (χ4n) is 2.91. The molecule has 0 bridgehead atoms. The van der Waals surface area contributed by atoms with Crippen LogP contribution in [0.5, 0.6) is 0 Å². The lowest BCUT2D eigenvalue weighted by Crippen LogP contribution is -2.06. The molecule has 0 aromatic heterocycles. The van der Waals surface area contributed by atoms with Crippen LogP contribution >= 0.6 is 15.9 Å². The van der Waals surface area contributed by atoms with E-state index in [-0.39, 0.29) is 5.92 Å². The molecule has 0 saturated heterocycles. The zero-order valence-corrected chi connectivity index (χ0v) is 15.8. The molecule has 2 aromatic rings. The number of benzene rings is 2. The first-order chi connectivity index (χ1) is 12.0. The van der Waals surface area contributed by atoms with E-state index in [2.05, 4.69) is 32.2 Å². The molecule has 0 N–H and O–H groups in total. The molecule has 2 aromatic carbocycles. The third-order valence-corrected chi connectivity index (χ3v) is 6.32. The number of rotatable bonds is 3. The number of nitrogens with zero attached hydrogens (tertiary/aromatic N) is 1.